The Bertz CT molecular complexity index is 683. The summed E-state index contributed by atoms with van der Waals surface area (Å²) < 4.78 is 0. The lowest BCUT2D eigenvalue weighted by molar-refractivity contribution is 0.690. The predicted octanol–water partition coefficient (Wildman–Crippen LogP) is 4.33. The fraction of sp³-hybridized carbons (Fsp3) is 0.381. The number of anilines is 1. The zero-order valence-electron chi connectivity index (χ0n) is 15.0. The molecule has 0 bridgehead atoms. The van der Waals surface area contributed by atoms with Crippen LogP contribution in [0.2, 0.25) is 0 Å². The number of rotatable bonds is 8. The average molecular weight is 321 g/mol. The predicted molar refractivity (Wildman–Crippen MR) is 101 cm³/mol. The highest BCUT2D eigenvalue weighted by Gasteiger charge is 2.06. The van der Waals surface area contributed by atoms with Crippen LogP contribution in [0.15, 0.2) is 42.5 Å². The maximum Gasteiger partial charge on any atom is 0.0640 e. The molecule has 126 valence electrons. The van der Waals surface area contributed by atoms with E-state index in [4.69, 9.17) is 5.26 Å². The Morgan fingerprint density at radius 1 is 1.04 bits per heavy atom. The zero-order chi connectivity index (χ0) is 17.4. The maximum absolute atomic E-state index is 8.78. The van der Waals surface area contributed by atoms with Gasteiger partial charge in [-0.2, -0.15) is 5.26 Å². The lowest BCUT2D eigenvalue weighted by Gasteiger charge is -2.23. The van der Waals surface area contributed by atoms with Crippen molar-refractivity contribution < 1.29 is 0 Å². The number of nitrogens with one attached hydrogen (secondary N) is 1. The third kappa shape index (κ3) is 5.11. The van der Waals surface area contributed by atoms with Crippen molar-refractivity contribution in [2.75, 3.05) is 18.0 Å². The van der Waals surface area contributed by atoms with E-state index < -0.39 is 0 Å². The zero-order valence-corrected chi connectivity index (χ0v) is 15.0. The van der Waals surface area contributed by atoms with Gasteiger partial charge in [0.1, 0.15) is 0 Å². The van der Waals surface area contributed by atoms with Crippen molar-refractivity contribution in [3.63, 3.8) is 0 Å². The minimum atomic E-state index is 0.562. The monoisotopic (exact) mass is 321 g/mol. The summed E-state index contributed by atoms with van der Waals surface area (Å²) in [6.45, 7) is 9.85. The summed E-state index contributed by atoms with van der Waals surface area (Å²) >= 11 is 0. The summed E-state index contributed by atoms with van der Waals surface area (Å²) in [5, 5.41) is 12.3. The van der Waals surface area contributed by atoms with Gasteiger partial charge in [0.2, 0.25) is 0 Å². The molecule has 0 heterocycles. The van der Waals surface area contributed by atoms with E-state index in [2.05, 4.69) is 79.5 Å². The topological polar surface area (TPSA) is 39.1 Å². The quantitative estimate of drug-likeness (QED) is 0.786. The Labute approximate surface area is 145 Å². The normalized spacial score (nSPS) is 10.4. The molecule has 1 N–H and O–H groups in total. The molecule has 0 aliphatic rings. The first kappa shape index (κ1) is 18.0. The van der Waals surface area contributed by atoms with Crippen molar-refractivity contribution in [2.24, 2.45) is 0 Å². The van der Waals surface area contributed by atoms with Crippen molar-refractivity contribution in [3.8, 4) is 6.07 Å². The number of aryl methyl sites for hydroxylation is 2. The maximum atomic E-state index is 8.78. The van der Waals surface area contributed by atoms with Crippen LogP contribution in [0.5, 0.6) is 0 Å². The average Bonchev–Trinajstić information content (AvgIpc) is 2.59. The number of nitriles is 1. The van der Waals surface area contributed by atoms with Gasteiger partial charge >= 0.3 is 0 Å². The van der Waals surface area contributed by atoms with Crippen LogP contribution in [0.3, 0.4) is 0 Å². The standard InChI is InChI=1S/C21H27N3/c1-4-24(13-5-12-22)21-11-10-20(18(3)14-21)16-23-15-19-8-6-17(2)7-9-19/h6-11,14,23H,4-5,13,15-16H2,1-3H3. The van der Waals surface area contributed by atoms with E-state index >= 15 is 0 Å². The highest BCUT2D eigenvalue weighted by molar-refractivity contribution is 5.50. The molecule has 2 aromatic carbocycles. The molecular weight excluding hydrogens is 294 g/mol. The first-order valence-corrected chi connectivity index (χ1v) is 8.61. The van der Waals surface area contributed by atoms with Crippen LogP contribution in [0.1, 0.15) is 35.6 Å². The van der Waals surface area contributed by atoms with Crippen LogP contribution in [-0.4, -0.2) is 13.1 Å². The number of benzene rings is 2. The van der Waals surface area contributed by atoms with Crippen LogP contribution < -0.4 is 10.2 Å². The fourth-order valence-electron chi connectivity index (χ4n) is 2.78. The molecule has 2 rings (SSSR count). The summed E-state index contributed by atoms with van der Waals surface area (Å²) in [4.78, 5) is 2.25. The second-order valence-electron chi connectivity index (χ2n) is 6.19. The fourth-order valence-corrected chi connectivity index (χ4v) is 2.78. The van der Waals surface area contributed by atoms with E-state index in [1.54, 1.807) is 0 Å². The summed E-state index contributed by atoms with van der Waals surface area (Å²) in [5.41, 5.74) is 6.42. The minimum Gasteiger partial charge on any atom is -0.371 e. The van der Waals surface area contributed by atoms with Gasteiger partial charge in [-0.3, -0.25) is 0 Å². The molecule has 0 saturated carbocycles. The van der Waals surface area contributed by atoms with Gasteiger partial charge in [-0.25, -0.2) is 0 Å². The van der Waals surface area contributed by atoms with Gasteiger partial charge in [0.15, 0.2) is 0 Å². The first-order chi connectivity index (χ1) is 11.6. The molecule has 0 aliphatic heterocycles. The number of nitrogens with zero attached hydrogens (tertiary/aromatic N) is 2. The molecule has 24 heavy (non-hydrogen) atoms. The molecule has 0 aliphatic carbocycles. The third-order valence-corrected chi connectivity index (χ3v) is 4.33. The Hall–Kier alpha value is -2.31. The van der Waals surface area contributed by atoms with E-state index in [0.717, 1.165) is 26.2 Å². The Balaban J connectivity index is 1.94. The van der Waals surface area contributed by atoms with Crippen LogP contribution in [0.4, 0.5) is 5.69 Å². The van der Waals surface area contributed by atoms with Crippen LogP contribution in [0, 0.1) is 25.2 Å². The molecule has 3 heteroatoms. The summed E-state index contributed by atoms with van der Waals surface area (Å²) in [5.74, 6) is 0. The van der Waals surface area contributed by atoms with E-state index in [0.29, 0.717) is 6.42 Å². The third-order valence-electron chi connectivity index (χ3n) is 4.33. The summed E-state index contributed by atoms with van der Waals surface area (Å²) in [7, 11) is 0. The van der Waals surface area contributed by atoms with Crippen molar-refractivity contribution in [1.29, 1.82) is 5.26 Å². The molecule has 2 aromatic rings. The molecule has 0 saturated heterocycles. The largest absolute Gasteiger partial charge is 0.371 e. The number of hydrogen-bond donors (Lipinski definition) is 1. The smallest absolute Gasteiger partial charge is 0.0640 e. The van der Waals surface area contributed by atoms with Crippen molar-refractivity contribution in [2.45, 2.75) is 40.3 Å². The van der Waals surface area contributed by atoms with Gasteiger partial charge in [0.05, 0.1) is 12.5 Å². The minimum absolute atomic E-state index is 0.562. The second-order valence-corrected chi connectivity index (χ2v) is 6.19. The van der Waals surface area contributed by atoms with Crippen molar-refractivity contribution in [3.05, 3.63) is 64.7 Å². The summed E-state index contributed by atoms with van der Waals surface area (Å²) in [6, 6.07) is 17.5. The molecule has 0 spiro atoms. The molecular formula is C21H27N3. The van der Waals surface area contributed by atoms with Crippen molar-refractivity contribution in [1.82, 2.24) is 5.32 Å². The van der Waals surface area contributed by atoms with Gasteiger partial charge in [0.25, 0.3) is 0 Å². The first-order valence-electron chi connectivity index (χ1n) is 8.61. The van der Waals surface area contributed by atoms with E-state index in [9.17, 15) is 0 Å². The second kappa shape index (κ2) is 9.10. The summed E-state index contributed by atoms with van der Waals surface area (Å²) in [6.07, 6.45) is 0.562. The Morgan fingerprint density at radius 3 is 2.42 bits per heavy atom. The molecule has 3 nitrogen and oxygen atoms in total. The van der Waals surface area contributed by atoms with Crippen LogP contribution >= 0.6 is 0 Å². The van der Waals surface area contributed by atoms with E-state index in [1.165, 1.54) is 27.9 Å². The van der Waals surface area contributed by atoms with Crippen LogP contribution in [-0.2, 0) is 13.1 Å². The van der Waals surface area contributed by atoms with Gasteiger partial charge in [-0.1, -0.05) is 35.9 Å². The van der Waals surface area contributed by atoms with Gasteiger partial charge < -0.3 is 10.2 Å². The highest BCUT2D eigenvalue weighted by Crippen LogP contribution is 2.19. The molecule has 0 fully saturated rings. The number of hydrogen-bond acceptors (Lipinski definition) is 3. The lowest BCUT2D eigenvalue weighted by atomic mass is 10.1. The molecule has 0 amide bonds. The SMILES string of the molecule is CCN(CCC#N)c1ccc(CNCc2ccc(C)cc2)c(C)c1. The molecule has 0 atom stereocenters. The molecule has 0 aromatic heterocycles. The lowest BCUT2D eigenvalue weighted by Crippen LogP contribution is -2.23. The Morgan fingerprint density at radius 2 is 1.79 bits per heavy atom. The van der Waals surface area contributed by atoms with Gasteiger partial charge in [-0.15, -0.1) is 0 Å². The van der Waals surface area contributed by atoms with Gasteiger partial charge in [0, 0.05) is 31.9 Å². The molecule has 0 unspecified atom stereocenters. The highest BCUT2D eigenvalue weighted by atomic mass is 15.1. The van der Waals surface area contributed by atoms with E-state index in [1.807, 2.05) is 0 Å². The van der Waals surface area contributed by atoms with E-state index in [-0.39, 0.29) is 0 Å². The van der Waals surface area contributed by atoms with Crippen molar-refractivity contribution >= 4 is 5.69 Å². The Kier molecular flexibility index (Phi) is 6.84. The van der Waals surface area contributed by atoms with Crippen LogP contribution in [0.25, 0.3) is 0 Å². The van der Waals surface area contributed by atoms with Gasteiger partial charge in [-0.05, 0) is 49.6 Å². The molecule has 0 radical (unpaired) electrons.